The normalized spacial score (nSPS) is 22.2. The fourth-order valence-corrected chi connectivity index (χ4v) is 3.94. The van der Waals surface area contributed by atoms with Gasteiger partial charge in [0.05, 0.1) is 18.3 Å². The van der Waals surface area contributed by atoms with Gasteiger partial charge in [0.25, 0.3) is 11.8 Å². The first kappa shape index (κ1) is 19.0. The molecule has 2 aliphatic heterocycles. The molecule has 1 fully saturated rings. The van der Waals surface area contributed by atoms with Crippen molar-refractivity contribution in [3.8, 4) is 0 Å². The van der Waals surface area contributed by atoms with Crippen molar-refractivity contribution in [2.45, 2.75) is 11.4 Å². The van der Waals surface area contributed by atoms with Crippen molar-refractivity contribution in [1.29, 1.82) is 0 Å². The van der Waals surface area contributed by atoms with Crippen LogP contribution in [0.15, 0.2) is 41.6 Å². The quantitative estimate of drug-likeness (QED) is 0.417. The number of benzene rings is 1. The summed E-state index contributed by atoms with van der Waals surface area (Å²) in [5.41, 5.74) is 0.380. The van der Waals surface area contributed by atoms with Crippen molar-refractivity contribution < 1.29 is 54.2 Å². The zero-order valence-electron chi connectivity index (χ0n) is 12.9. The maximum atomic E-state index is 12.2. The molecule has 7 nitrogen and oxygen atoms in total. The largest absolute Gasteiger partial charge is 1.00 e. The monoisotopic (exact) mass is 356 g/mol. The second-order valence-corrected chi connectivity index (χ2v) is 6.23. The van der Waals surface area contributed by atoms with Gasteiger partial charge >= 0.3 is 29.6 Å². The number of carboxylic acids is 1. The molecule has 1 aromatic carbocycles. The molecule has 2 aliphatic rings. The standard InChI is InChI=1S/C15H14N2O5S.Na/c18-6-9-7-23-14-10(13(20)17(14)11(9)15(21)22)16-12(19)8-4-2-1-3-5-8;/h1-5,10,14,18H,6-7H2,(H,16,19)(H,21,22);/q;+1/p-1/t10-,14-;/m0./s1. The van der Waals surface area contributed by atoms with E-state index < -0.39 is 35.8 Å². The number of aliphatic hydroxyl groups excluding tert-OH is 1. The molecule has 120 valence electrons. The Hall–Kier alpha value is -1.32. The molecular formula is C15H13N2NaO5S. The van der Waals surface area contributed by atoms with Crippen LogP contribution in [-0.4, -0.2) is 51.6 Å². The van der Waals surface area contributed by atoms with Crippen LogP contribution >= 0.6 is 11.8 Å². The fourth-order valence-electron chi connectivity index (χ4n) is 2.61. The summed E-state index contributed by atoms with van der Waals surface area (Å²) in [7, 11) is 0. The molecule has 2 amide bonds. The van der Waals surface area contributed by atoms with Crippen molar-refractivity contribution in [2.24, 2.45) is 0 Å². The Morgan fingerprint density at radius 3 is 2.58 bits per heavy atom. The number of β-lactam (4-membered cyclic amide) rings is 1. The minimum Gasteiger partial charge on any atom is -0.543 e. The second-order valence-electron chi connectivity index (χ2n) is 5.12. The van der Waals surface area contributed by atoms with Crippen molar-refractivity contribution in [3.05, 3.63) is 47.2 Å². The molecule has 2 heterocycles. The summed E-state index contributed by atoms with van der Waals surface area (Å²) in [6.45, 7) is -0.451. The van der Waals surface area contributed by atoms with Gasteiger partial charge in [0, 0.05) is 11.3 Å². The van der Waals surface area contributed by atoms with Gasteiger partial charge in [-0.2, -0.15) is 0 Å². The third kappa shape index (κ3) is 3.25. The van der Waals surface area contributed by atoms with Gasteiger partial charge in [-0.1, -0.05) is 18.2 Å². The van der Waals surface area contributed by atoms with Crippen LogP contribution in [0.4, 0.5) is 0 Å². The SMILES string of the molecule is O=C([O-])C1=C(CO)CS[C@H]2[C@@H](NC(=O)c3ccccc3)C(=O)N12.[Na+]. The van der Waals surface area contributed by atoms with Crippen LogP contribution in [0.25, 0.3) is 0 Å². The zero-order chi connectivity index (χ0) is 16.6. The molecule has 0 saturated carbocycles. The number of thioether (sulfide) groups is 1. The van der Waals surface area contributed by atoms with Crippen LogP contribution in [0.2, 0.25) is 0 Å². The zero-order valence-corrected chi connectivity index (χ0v) is 15.7. The number of aliphatic hydroxyl groups is 1. The topological polar surface area (TPSA) is 110 Å². The molecule has 0 aliphatic carbocycles. The second kappa shape index (κ2) is 7.71. The molecule has 0 spiro atoms. The molecular weight excluding hydrogens is 343 g/mol. The van der Waals surface area contributed by atoms with Gasteiger partial charge in [-0.15, -0.1) is 11.8 Å². The van der Waals surface area contributed by atoms with Gasteiger partial charge in [-0.25, -0.2) is 0 Å². The Labute approximate surface area is 164 Å². The summed E-state index contributed by atoms with van der Waals surface area (Å²) >= 11 is 1.30. The van der Waals surface area contributed by atoms with Crippen LogP contribution in [0.1, 0.15) is 10.4 Å². The van der Waals surface area contributed by atoms with Gasteiger partial charge in [0.15, 0.2) is 0 Å². The van der Waals surface area contributed by atoms with Gasteiger partial charge in [0.1, 0.15) is 11.4 Å². The van der Waals surface area contributed by atoms with E-state index in [0.717, 1.165) is 4.90 Å². The summed E-state index contributed by atoms with van der Waals surface area (Å²) in [5, 5.41) is 22.6. The summed E-state index contributed by atoms with van der Waals surface area (Å²) < 4.78 is 0. The Balaban J connectivity index is 0.00000208. The molecule has 1 aromatic rings. The molecule has 2 atom stereocenters. The molecule has 0 radical (unpaired) electrons. The number of carboxylic acid groups (broad SMARTS) is 1. The Bertz CT molecular complexity index is 709. The molecule has 9 heteroatoms. The minimum absolute atomic E-state index is 0. The maximum absolute atomic E-state index is 12.2. The van der Waals surface area contributed by atoms with Crippen molar-refractivity contribution in [2.75, 3.05) is 12.4 Å². The average Bonchev–Trinajstić information content (AvgIpc) is 2.58. The molecule has 1 saturated heterocycles. The summed E-state index contributed by atoms with van der Waals surface area (Å²) in [5.74, 6) is -2.14. The Morgan fingerprint density at radius 2 is 2.00 bits per heavy atom. The molecule has 0 bridgehead atoms. The molecule has 3 rings (SSSR count). The van der Waals surface area contributed by atoms with Crippen LogP contribution in [0.3, 0.4) is 0 Å². The fraction of sp³-hybridized carbons (Fsp3) is 0.267. The van der Waals surface area contributed by atoms with Gasteiger partial charge in [-0.05, 0) is 17.7 Å². The van der Waals surface area contributed by atoms with E-state index in [-0.39, 0.29) is 46.6 Å². The van der Waals surface area contributed by atoms with Crippen molar-refractivity contribution in [1.82, 2.24) is 10.2 Å². The average molecular weight is 356 g/mol. The van der Waals surface area contributed by atoms with E-state index in [4.69, 9.17) is 0 Å². The maximum Gasteiger partial charge on any atom is 1.00 e. The van der Waals surface area contributed by atoms with Crippen molar-refractivity contribution in [3.63, 3.8) is 0 Å². The van der Waals surface area contributed by atoms with Gasteiger partial charge < -0.3 is 20.3 Å². The van der Waals surface area contributed by atoms with E-state index in [1.54, 1.807) is 30.3 Å². The van der Waals surface area contributed by atoms with Crippen LogP contribution in [-0.2, 0) is 9.59 Å². The van der Waals surface area contributed by atoms with E-state index in [1.807, 2.05) is 0 Å². The number of carbonyl (C=O) groups excluding carboxylic acids is 3. The number of nitrogens with zero attached hydrogens (tertiary/aromatic N) is 1. The number of fused-ring (bicyclic) bond motifs is 1. The third-order valence-electron chi connectivity index (χ3n) is 3.75. The predicted octanol–water partition coefficient (Wildman–Crippen LogP) is -4.30. The van der Waals surface area contributed by atoms with E-state index in [9.17, 15) is 24.6 Å². The smallest absolute Gasteiger partial charge is 0.543 e. The number of hydrogen-bond acceptors (Lipinski definition) is 6. The first-order valence-electron chi connectivity index (χ1n) is 6.89. The van der Waals surface area contributed by atoms with Gasteiger partial charge in [-0.3, -0.25) is 14.5 Å². The van der Waals surface area contributed by atoms with Crippen LogP contribution in [0, 0.1) is 0 Å². The third-order valence-corrected chi connectivity index (χ3v) is 5.09. The Morgan fingerprint density at radius 1 is 1.33 bits per heavy atom. The number of rotatable bonds is 4. The van der Waals surface area contributed by atoms with E-state index in [1.165, 1.54) is 11.8 Å². The predicted molar refractivity (Wildman–Crippen MR) is 79.9 cm³/mol. The van der Waals surface area contributed by atoms with Crippen LogP contribution in [0.5, 0.6) is 0 Å². The van der Waals surface area contributed by atoms with E-state index in [0.29, 0.717) is 5.56 Å². The number of carbonyl (C=O) groups is 3. The van der Waals surface area contributed by atoms with Gasteiger partial charge in [0.2, 0.25) is 0 Å². The van der Waals surface area contributed by atoms with E-state index >= 15 is 0 Å². The molecule has 2 N–H and O–H groups in total. The number of nitrogens with one attached hydrogen (secondary N) is 1. The molecule has 0 unspecified atom stereocenters. The first-order chi connectivity index (χ1) is 11.0. The van der Waals surface area contributed by atoms with Crippen LogP contribution < -0.4 is 40.0 Å². The summed E-state index contributed by atoms with van der Waals surface area (Å²) in [6.07, 6.45) is 0. The Kier molecular flexibility index (Phi) is 6.11. The van der Waals surface area contributed by atoms with Crippen molar-refractivity contribution >= 4 is 29.5 Å². The number of aliphatic carboxylic acids is 1. The summed E-state index contributed by atoms with van der Waals surface area (Å²) in [4.78, 5) is 36.7. The number of amides is 2. The minimum atomic E-state index is -1.50. The molecule has 24 heavy (non-hydrogen) atoms. The van der Waals surface area contributed by atoms with E-state index in [2.05, 4.69) is 5.32 Å². The molecule has 0 aromatic heterocycles. The number of hydrogen-bond donors (Lipinski definition) is 2. The summed E-state index contributed by atoms with van der Waals surface area (Å²) in [6, 6.07) is 7.66. The first-order valence-corrected chi connectivity index (χ1v) is 7.94.